The number of carbonyl (C=O) groups is 2. The molecule has 0 aliphatic carbocycles. The first-order chi connectivity index (χ1) is 10.8. The van der Waals surface area contributed by atoms with E-state index in [1.165, 1.54) is 0 Å². The van der Waals surface area contributed by atoms with E-state index >= 15 is 0 Å². The molecular weight excluding hydrogens is 320 g/mol. The van der Waals surface area contributed by atoms with Crippen LogP contribution in [0.1, 0.15) is 32.8 Å². The summed E-state index contributed by atoms with van der Waals surface area (Å²) in [5.41, 5.74) is 3.65. The summed E-state index contributed by atoms with van der Waals surface area (Å²) in [6.07, 6.45) is -0.714. The highest BCUT2D eigenvalue weighted by Crippen LogP contribution is 2.22. The van der Waals surface area contributed by atoms with Gasteiger partial charge in [-0.3, -0.25) is 9.59 Å². The third-order valence-corrected chi connectivity index (χ3v) is 3.11. The van der Waals surface area contributed by atoms with Crippen LogP contribution in [0.25, 0.3) is 0 Å². The second-order valence-corrected chi connectivity index (χ2v) is 5.41. The molecule has 1 aromatic rings. The van der Waals surface area contributed by atoms with Crippen LogP contribution >= 0.6 is 11.6 Å². The molecule has 7 heteroatoms. The molecule has 1 aromatic carbocycles. The van der Waals surface area contributed by atoms with Crippen molar-refractivity contribution in [3.05, 3.63) is 28.8 Å². The van der Waals surface area contributed by atoms with Crippen LogP contribution in [0, 0.1) is 6.92 Å². The Labute approximate surface area is 140 Å². The smallest absolute Gasteiger partial charge is 0.311 e. The number of hydrazone groups is 1. The van der Waals surface area contributed by atoms with E-state index in [-0.39, 0.29) is 12.4 Å². The Kier molecular flexibility index (Phi) is 7.54. The van der Waals surface area contributed by atoms with Gasteiger partial charge in [0.05, 0.1) is 13.0 Å². The fourth-order valence-corrected chi connectivity index (χ4v) is 1.92. The first kappa shape index (κ1) is 19.0. The lowest BCUT2D eigenvalue weighted by Crippen LogP contribution is -2.34. The fourth-order valence-electron chi connectivity index (χ4n) is 1.69. The zero-order chi connectivity index (χ0) is 17.4. The molecular formula is C16H21ClN2O4. The molecule has 0 saturated heterocycles. The second-order valence-electron chi connectivity index (χ2n) is 4.97. The first-order valence-electron chi connectivity index (χ1n) is 7.25. The van der Waals surface area contributed by atoms with E-state index in [0.29, 0.717) is 23.1 Å². The number of esters is 1. The summed E-state index contributed by atoms with van der Waals surface area (Å²) in [7, 11) is 0. The summed E-state index contributed by atoms with van der Waals surface area (Å²) in [6, 6.07) is 5.15. The fraction of sp³-hybridized carbons (Fsp3) is 0.438. The molecule has 0 fully saturated rings. The van der Waals surface area contributed by atoms with Crippen molar-refractivity contribution in [2.24, 2.45) is 5.10 Å². The number of amides is 1. The predicted octanol–water partition coefficient (Wildman–Crippen LogP) is 2.86. The van der Waals surface area contributed by atoms with Crippen LogP contribution in [0.15, 0.2) is 23.3 Å². The van der Waals surface area contributed by atoms with Gasteiger partial charge in [0.15, 0.2) is 6.10 Å². The highest BCUT2D eigenvalue weighted by atomic mass is 35.5. The first-order valence-corrected chi connectivity index (χ1v) is 7.62. The van der Waals surface area contributed by atoms with Gasteiger partial charge in [0.2, 0.25) is 0 Å². The molecule has 0 saturated carbocycles. The molecule has 1 amide bonds. The molecule has 126 valence electrons. The van der Waals surface area contributed by atoms with E-state index in [4.69, 9.17) is 21.1 Å². The molecule has 1 atom stereocenters. The lowest BCUT2D eigenvalue weighted by molar-refractivity contribution is -0.141. The summed E-state index contributed by atoms with van der Waals surface area (Å²) in [5.74, 6) is -0.226. The van der Waals surface area contributed by atoms with Crippen LogP contribution in [0.3, 0.4) is 0 Å². The van der Waals surface area contributed by atoms with Gasteiger partial charge < -0.3 is 9.47 Å². The van der Waals surface area contributed by atoms with Gasteiger partial charge in [-0.05, 0) is 51.5 Å². The number of nitrogens with zero attached hydrogens (tertiary/aromatic N) is 1. The molecule has 0 bridgehead atoms. The maximum atomic E-state index is 12.0. The molecule has 0 aliphatic heterocycles. The van der Waals surface area contributed by atoms with Gasteiger partial charge in [-0.1, -0.05) is 11.6 Å². The van der Waals surface area contributed by atoms with Gasteiger partial charge in [0.1, 0.15) is 5.75 Å². The van der Waals surface area contributed by atoms with Crippen molar-refractivity contribution < 1.29 is 19.1 Å². The molecule has 6 nitrogen and oxygen atoms in total. The summed E-state index contributed by atoms with van der Waals surface area (Å²) < 4.78 is 10.4. The van der Waals surface area contributed by atoms with Crippen LogP contribution in [0.5, 0.6) is 5.75 Å². The Balaban J connectivity index is 2.55. The summed E-state index contributed by atoms with van der Waals surface area (Å²) in [6.45, 7) is 7.12. The van der Waals surface area contributed by atoms with Crippen molar-refractivity contribution in [1.82, 2.24) is 5.43 Å². The normalized spacial score (nSPS) is 12.5. The number of ether oxygens (including phenoxy) is 2. The largest absolute Gasteiger partial charge is 0.481 e. The van der Waals surface area contributed by atoms with Crippen molar-refractivity contribution >= 4 is 29.2 Å². The lowest BCUT2D eigenvalue weighted by Gasteiger charge is -2.15. The summed E-state index contributed by atoms with van der Waals surface area (Å²) >= 11 is 5.87. The van der Waals surface area contributed by atoms with Gasteiger partial charge in [0.25, 0.3) is 5.91 Å². The number of halogens is 1. The van der Waals surface area contributed by atoms with E-state index in [9.17, 15) is 9.59 Å². The minimum atomic E-state index is -0.742. The number of hydrogen-bond donors (Lipinski definition) is 1. The number of carbonyl (C=O) groups excluding carboxylic acids is 2. The van der Waals surface area contributed by atoms with E-state index in [0.717, 1.165) is 5.56 Å². The van der Waals surface area contributed by atoms with Crippen LogP contribution < -0.4 is 10.2 Å². The molecule has 0 aliphatic rings. The topological polar surface area (TPSA) is 77.0 Å². The Morgan fingerprint density at radius 2 is 2.09 bits per heavy atom. The molecule has 0 heterocycles. The Bertz CT molecular complexity index is 602. The number of rotatable bonds is 7. The summed E-state index contributed by atoms with van der Waals surface area (Å²) in [4.78, 5) is 23.2. The molecule has 0 spiro atoms. The van der Waals surface area contributed by atoms with Gasteiger partial charge >= 0.3 is 5.97 Å². The second kappa shape index (κ2) is 9.15. The van der Waals surface area contributed by atoms with Crippen molar-refractivity contribution in [3.8, 4) is 5.75 Å². The SMILES string of the molecule is CCOC(=O)CC(C)=NNC(=O)C(C)Oc1ccc(Cl)cc1C. The quantitative estimate of drug-likeness (QED) is 0.470. The Morgan fingerprint density at radius 3 is 2.70 bits per heavy atom. The average Bonchev–Trinajstić information content (AvgIpc) is 2.47. The zero-order valence-corrected chi connectivity index (χ0v) is 14.4. The zero-order valence-electron chi connectivity index (χ0n) is 13.7. The standard InChI is InChI=1S/C16H21ClN2O4/c1-5-22-15(20)9-11(3)18-19-16(21)12(4)23-14-7-6-13(17)8-10(14)2/h6-8,12H,5,9H2,1-4H3,(H,19,21). The summed E-state index contributed by atoms with van der Waals surface area (Å²) in [5, 5.41) is 4.46. The Hall–Kier alpha value is -2.08. The van der Waals surface area contributed by atoms with Crippen LogP contribution in [0.2, 0.25) is 5.02 Å². The average molecular weight is 341 g/mol. The maximum absolute atomic E-state index is 12.0. The number of benzene rings is 1. The Morgan fingerprint density at radius 1 is 1.39 bits per heavy atom. The van der Waals surface area contributed by atoms with E-state index in [1.54, 1.807) is 39.0 Å². The maximum Gasteiger partial charge on any atom is 0.311 e. The number of aryl methyl sites for hydroxylation is 1. The minimum Gasteiger partial charge on any atom is -0.481 e. The molecule has 0 aromatic heterocycles. The molecule has 1 N–H and O–H groups in total. The molecule has 0 radical (unpaired) electrons. The molecule has 1 rings (SSSR count). The third-order valence-electron chi connectivity index (χ3n) is 2.87. The monoisotopic (exact) mass is 340 g/mol. The predicted molar refractivity (Wildman–Crippen MR) is 88.8 cm³/mol. The molecule has 23 heavy (non-hydrogen) atoms. The highest BCUT2D eigenvalue weighted by molar-refractivity contribution is 6.30. The minimum absolute atomic E-state index is 0.0274. The van der Waals surface area contributed by atoms with E-state index in [1.807, 2.05) is 6.92 Å². The van der Waals surface area contributed by atoms with Crippen LogP contribution in [-0.2, 0) is 14.3 Å². The number of nitrogens with one attached hydrogen (secondary N) is 1. The van der Waals surface area contributed by atoms with Gasteiger partial charge in [0, 0.05) is 10.7 Å². The van der Waals surface area contributed by atoms with Gasteiger partial charge in [-0.25, -0.2) is 5.43 Å². The van der Waals surface area contributed by atoms with Crippen molar-refractivity contribution in [2.45, 2.75) is 40.2 Å². The lowest BCUT2D eigenvalue weighted by atomic mass is 10.2. The van der Waals surface area contributed by atoms with Crippen molar-refractivity contribution in [2.75, 3.05) is 6.61 Å². The molecule has 1 unspecified atom stereocenters. The van der Waals surface area contributed by atoms with E-state index in [2.05, 4.69) is 10.5 Å². The van der Waals surface area contributed by atoms with Crippen molar-refractivity contribution in [3.63, 3.8) is 0 Å². The van der Waals surface area contributed by atoms with Crippen LogP contribution in [0.4, 0.5) is 0 Å². The van der Waals surface area contributed by atoms with Crippen LogP contribution in [-0.4, -0.2) is 30.3 Å². The van der Waals surface area contributed by atoms with Gasteiger partial charge in [-0.2, -0.15) is 5.10 Å². The van der Waals surface area contributed by atoms with E-state index < -0.39 is 12.0 Å². The highest BCUT2D eigenvalue weighted by Gasteiger charge is 2.15. The number of hydrogen-bond acceptors (Lipinski definition) is 5. The van der Waals surface area contributed by atoms with Crippen molar-refractivity contribution in [1.29, 1.82) is 0 Å². The van der Waals surface area contributed by atoms with Gasteiger partial charge in [-0.15, -0.1) is 0 Å². The third kappa shape index (κ3) is 6.69.